The number of anilines is 2. The third kappa shape index (κ3) is 5.61. The van der Waals surface area contributed by atoms with Crippen LogP contribution in [0.4, 0.5) is 15.9 Å². The highest BCUT2D eigenvalue weighted by molar-refractivity contribution is 6.34. The van der Waals surface area contributed by atoms with E-state index in [1.807, 2.05) is 20.2 Å². The molecule has 0 spiro atoms. The maximum Gasteiger partial charge on any atom is 0.218 e. The van der Waals surface area contributed by atoms with Crippen LogP contribution in [-0.2, 0) is 4.79 Å². The third-order valence-corrected chi connectivity index (χ3v) is 6.47. The second kappa shape index (κ2) is 11.0. The van der Waals surface area contributed by atoms with Crippen molar-refractivity contribution in [1.82, 2.24) is 9.88 Å². The Morgan fingerprint density at radius 3 is 2.36 bits per heavy atom. The van der Waals surface area contributed by atoms with Crippen LogP contribution < -0.4 is 15.5 Å². The fourth-order valence-corrected chi connectivity index (χ4v) is 4.47. The van der Waals surface area contributed by atoms with E-state index in [1.54, 1.807) is 47.8 Å². The number of hydrogen-bond acceptors (Lipinski definition) is 6. The standard InChI is InChI=1S/C27H29ClFN5O2/c1-32(2)11-12-34(17-35)25-4-3-18(13-24(25)28)22-15-20(29)16-23(27(22)36)19-5-8-31-26(14-19)33-9-6-21(30)7-10-33/h3-5,8,11-17,21,36H,6-7,9-10,30H2,1-2H3/b12-11-. The molecular formula is C27H29ClFN5O2. The highest BCUT2D eigenvalue weighted by Gasteiger charge is 2.20. The summed E-state index contributed by atoms with van der Waals surface area (Å²) in [6.45, 7) is 1.59. The van der Waals surface area contributed by atoms with E-state index in [1.165, 1.54) is 17.0 Å². The Hall–Kier alpha value is -3.62. The minimum absolute atomic E-state index is 0.0715. The Labute approximate surface area is 215 Å². The van der Waals surface area contributed by atoms with E-state index in [9.17, 15) is 14.3 Å². The number of amides is 1. The average molecular weight is 510 g/mol. The van der Waals surface area contributed by atoms with Gasteiger partial charge in [-0.2, -0.15) is 0 Å². The lowest BCUT2D eigenvalue weighted by atomic mass is 9.97. The zero-order chi connectivity index (χ0) is 25.8. The topological polar surface area (TPSA) is 85.9 Å². The molecule has 3 N–H and O–H groups in total. The summed E-state index contributed by atoms with van der Waals surface area (Å²) in [5.41, 5.74) is 8.30. The van der Waals surface area contributed by atoms with E-state index in [0.29, 0.717) is 34.4 Å². The molecule has 1 amide bonds. The van der Waals surface area contributed by atoms with Crippen LogP contribution in [0, 0.1) is 5.82 Å². The lowest BCUT2D eigenvalue weighted by molar-refractivity contribution is -0.106. The van der Waals surface area contributed by atoms with Crippen LogP contribution in [0.1, 0.15) is 12.8 Å². The van der Waals surface area contributed by atoms with Crippen molar-refractivity contribution in [3.05, 3.63) is 71.9 Å². The van der Waals surface area contributed by atoms with Crippen LogP contribution in [0.2, 0.25) is 5.02 Å². The van der Waals surface area contributed by atoms with Crippen molar-refractivity contribution in [2.75, 3.05) is 37.0 Å². The van der Waals surface area contributed by atoms with Gasteiger partial charge >= 0.3 is 0 Å². The Bertz CT molecular complexity index is 1280. The molecule has 1 aliphatic rings. The molecule has 188 valence electrons. The summed E-state index contributed by atoms with van der Waals surface area (Å²) in [4.78, 5) is 21.3. The first-order valence-electron chi connectivity index (χ1n) is 11.6. The molecule has 0 bridgehead atoms. The molecule has 36 heavy (non-hydrogen) atoms. The van der Waals surface area contributed by atoms with Crippen LogP contribution in [0.3, 0.4) is 0 Å². The second-order valence-corrected chi connectivity index (χ2v) is 9.42. The number of benzene rings is 2. The molecule has 1 aromatic heterocycles. The molecule has 0 radical (unpaired) electrons. The van der Waals surface area contributed by atoms with Crippen molar-refractivity contribution in [3.63, 3.8) is 0 Å². The van der Waals surface area contributed by atoms with Crippen LogP contribution in [0.25, 0.3) is 22.3 Å². The minimum atomic E-state index is -0.497. The largest absolute Gasteiger partial charge is 0.507 e. The van der Waals surface area contributed by atoms with Gasteiger partial charge in [-0.25, -0.2) is 9.37 Å². The zero-order valence-electron chi connectivity index (χ0n) is 20.2. The summed E-state index contributed by atoms with van der Waals surface area (Å²) in [5.74, 6) is 0.193. The molecule has 1 saturated heterocycles. The van der Waals surface area contributed by atoms with Gasteiger partial charge in [0.05, 0.1) is 10.7 Å². The van der Waals surface area contributed by atoms with Gasteiger partial charge in [-0.1, -0.05) is 17.7 Å². The number of pyridine rings is 1. The number of hydrogen-bond donors (Lipinski definition) is 2. The average Bonchev–Trinajstić information content (AvgIpc) is 2.86. The van der Waals surface area contributed by atoms with Gasteiger partial charge in [0.15, 0.2) is 0 Å². The summed E-state index contributed by atoms with van der Waals surface area (Å²) in [7, 11) is 3.67. The minimum Gasteiger partial charge on any atom is -0.507 e. The first-order chi connectivity index (χ1) is 17.3. The number of aromatic hydroxyl groups is 1. The molecule has 7 nitrogen and oxygen atoms in total. The summed E-state index contributed by atoms with van der Waals surface area (Å²) in [6.07, 6.45) is 7.36. The summed E-state index contributed by atoms with van der Waals surface area (Å²) >= 11 is 6.49. The van der Waals surface area contributed by atoms with Gasteiger partial charge in [-0.05, 0) is 60.4 Å². The highest BCUT2D eigenvalue weighted by atomic mass is 35.5. The van der Waals surface area contributed by atoms with E-state index in [0.717, 1.165) is 31.7 Å². The quantitative estimate of drug-likeness (QED) is 0.443. The molecule has 0 unspecified atom stereocenters. The van der Waals surface area contributed by atoms with Gasteiger partial charge in [-0.15, -0.1) is 0 Å². The maximum absolute atomic E-state index is 14.8. The molecule has 0 saturated carbocycles. The molecule has 2 aromatic carbocycles. The van der Waals surface area contributed by atoms with Gasteiger partial charge < -0.3 is 20.6 Å². The van der Waals surface area contributed by atoms with Crippen molar-refractivity contribution >= 4 is 29.5 Å². The maximum atomic E-state index is 14.8. The number of rotatable bonds is 7. The van der Waals surface area contributed by atoms with Crippen LogP contribution >= 0.6 is 11.6 Å². The van der Waals surface area contributed by atoms with Crippen molar-refractivity contribution in [2.24, 2.45) is 5.73 Å². The smallest absolute Gasteiger partial charge is 0.218 e. The fourth-order valence-electron chi connectivity index (χ4n) is 4.19. The Kier molecular flexibility index (Phi) is 7.76. The molecule has 1 fully saturated rings. The van der Waals surface area contributed by atoms with E-state index < -0.39 is 5.82 Å². The molecular weight excluding hydrogens is 481 g/mol. The second-order valence-electron chi connectivity index (χ2n) is 9.02. The Balaban J connectivity index is 1.69. The van der Waals surface area contributed by atoms with E-state index in [2.05, 4.69) is 9.88 Å². The van der Waals surface area contributed by atoms with Crippen LogP contribution in [0.5, 0.6) is 5.75 Å². The zero-order valence-corrected chi connectivity index (χ0v) is 21.0. The number of aromatic nitrogens is 1. The van der Waals surface area contributed by atoms with Crippen molar-refractivity contribution in [2.45, 2.75) is 18.9 Å². The number of phenolic OH excluding ortho intramolecular Hbond substituents is 1. The summed E-state index contributed by atoms with van der Waals surface area (Å²) in [5, 5.41) is 11.5. The number of carbonyl (C=O) groups excluding carboxylic acids is 1. The molecule has 1 aliphatic heterocycles. The molecule has 0 aliphatic carbocycles. The van der Waals surface area contributed by atoms with Gasteiger partial charge in [-0.3, -0.25) is 9.69 Å². The normalized spacial score (nSPS) is 14.3. The molecule has 3 aromatic rings. The molecule has 0 atom stereocenters. The van der Waals surface area contributed by atoms with Crippen LogP contribution in [0.15, 0.2) is 61.1 Å². The molecule has 4 rings (SSSR count). The molecule has 9 heteroatoms. The highest BCUT2D eigenvalue weighted by Crippen LogP contribution is 2.41. The lowest BCUT2D eigenvalue weighted by Gasteiger charge is -2.31. The van der Waals surface area contributed by atoms with Gasteiger partial charge in [0.2, 0.25) is 6.41 Å². The fraction of sp³-hybridized carbons (Fsp3) is 0.259. The predicted octanol–water partition coefficient (Wildman–Crippen LogP) is 4.84. The first kappa shape index (κ1) is 25.5. The predicted molar refractivity (Wildman–Crippen MR) is 143 cm³/mol. The van der Waals surface area contributed by atoms with E-state index >= 15 is 0 Å². The van der Waals surface area contributed by atoms with Gasteiger partial charge in [0, 0.05) is 63.0 Å². The van der Waals surface area contributed by atoms with Gasteiger partial charge in [0.1, 0.15) is 17.4 Å². The van der Waals surface area contributed by atoms with Gasteiger partial charge in [0.25, 0.3) is 0 Å². The van der Waals surface area contributed by atoms with Crippen molar-refractivity contribution in [3.8, 4) is 28.0 Å². The molecule has 2 heterocycles. The number of nitrogens with two attached hydrogens (primary N) is 1. The number of piperidine rings is 1. The number of halogens is 2. The number of nitrogens with zero attached hydrogens (tertiary/aromatic N) is 4. The summed E-state index contributed by atoms with van der Waals surface area (Å²) < 4.78 is 14.8. The van der Waals surface area contributed by atoms with E-state index in [-0.39, 0.29) is 16.8 Å². The van der Waals surface area contributed by atoms with Crippen LogP contribution in [-0.4, -0.2) is 54.6 Å². The van der Waals surface area contributed by atoms with Crippen molar-refractivity contribution in [1.29, 1.82) is 0 Å². The number of carbonyl (C=O) groups is 1. The van der Waals surface area contributed by atoms with E-state index in [4.69, 9.17) is 17.3 Å². The van der Waals surface area contributed by atoms with Crippen molar-refractivity contribution < 1.29 is 14.3 Å². The monoisotopic (exact) mass is 509 g/mol. The lowest BCUT2D eigenvalue weighted by Crippen LogP contribution is -2.40. The SMILES string of the molecule is CN(C)/C=C\N(C=O)c1ccc(-c2cc(F)cc(-c3ccnc(N4CCC(N)CC4)c3)c2O)cc1Cl. The Morgan fingerprint density at radius 1 is 1.08 bits per heavy atom. The number of phenols is 1. The third-order valence-electron chi connectivity index (χ3n) is 6.17. The Morgan fingerprint density at radius 2 is 1.75 bits per heavy atom. The first-order valence-corrected chi connectivity index (χ1v) is 12.0. The summed E-state index contributed by atoms with van der Waals surface area (Å²) in [6, 6.07) is 11.3.